The molecule has 0 aromatic heterocycles. The fraction of sp³-hybridized carbons (Fsp3) is 0.231. The van der Waals surface area contributed by atoms with Crippen LogP contribution in [0.2, 0.25) is 0 Å². The minimum Gasteiger partial charge on any atom is -0.368 e. The number of ether oxygens (including phenoxy) is 1. The number of carbonyl (C=O) groups is 2. The molecule has 2 aliphatic rings. The second-order valence-electron chi connectivity index (χ2n) is 4.13. The first-order chi connectivity index (χ1) is 8.18. The van der Waals surface area contributed by atoms with Gasteiger partial charge in [-0.15, -0.1) is 0 Å². The van der Waals surface area contributed by atoms with Crippen LogP contribution in [0.25, 0.3) is 0 Å². The molecule has 4 heteroatoms. The van der Waals surface area contributed by atoms with E-state index in [0.29, 0.717) is 22.3 Å². The summed E-state index contributed by atoms with van der Waals surface area (Å²) in [6.07, 6.45) is -0.899. The van der Waals surface area contributed by atoms with Crippen LogP contribution in [0.3, 0.4) is 0 Å². The summed E-state index contributed by atoms with van der Waals surface area (Å²) in [5.41, 5.74) is 1.63. The molecule has 1 aromatic carbocycles. The predicted octanol–water partition coefficient (Wildman–Crippen LogP) is 1.10. The van der Waals surface area contributed by atoms with Gasteiger partial charge in [0.1, 0.15) is 0 Å². The topological polar surface area (TPSA) is 63.6 Å². The second-order valence-corrected chi connectivity index (χ2v) is 4.13. The predicted molar refractivity (Wildman–Crippen MR) is 58.7 cm³/mol. The molecule has 0 radical (unpaired) electrons. The van der Waals surface area contributed by atoms with Crippen LogP contribution in [0, 0.1) is 0 Å². The fourth-order valence-corrected chi connectivity index (χ4v) is 2.26. The van der Waals surface area contributed by atoms with E-state index in [1.807, 2.05) is 0 Å². The summed E-state index contributed by atoms with van der Waals surface area (Å²) in [7, 11) is 0. The third-order valence-corrected chi connectivity index (χ3v) is 3.13. The number of ketones is 2. The first-order valence-corrected chi connectivity index (χ1v) is 5.38. The van der Waals surface area contributed by atoms with E-state index in [-0.39, 0.29) is 24.6 Å². The number of aliphatic hydroxyl groups excluding tert-OH is 1. The average molecular weight is 230 g/mol. The van der Waals surface area contributed by atoms with Gasteiger partial charge >= 0.3 is 0 Å². The fourth-order valence-electron chi connectivity index (χ4n) is 2.26. The van der Waals surface area contributed by atoms with Crippen molar-refractivity contribution in [1.82, 2.24) is 0 Å². The molecule has 3 rings (SSSR count). The van der Waals surface area contributed by atoms with Crippen LogP contribution in [0.15, 0.2) is 35.4 Å². The number of carbonyl (C=O) groups excluding carboxylic acids is 2. The lowest BCUT2D eigenvalue weighted by molar-refractivity contribution is -0.0955. The highest BCUT2D eigenvalue weighted by molar-refractivity contribution is 6.27. The Labute approximate surface area is 97.5 Å². The number of Topliss-reactive ketones (excluding diaryl/α,β-unsaturated/α-hetero) is 2. The molecule has 0 saturated carbocycles. The summed E-state index contributed by atoms with van der Waals surface area (Å²) in [6, 6.07) is 6.74. The van der Waals surface area contributed by atoms with Crippen LogP contribution in [0.1, 0.15) is 27.1 Å². The van der Waals surface area contributed by atoms with Crippen LogP contribution in [0.5, 0.6) is 0 Å². The highest BCUT2D eigenvalue weighted by Gasteiger charge is 2.35. The van der Waals surface area contributed by atoms with Gasteiger partial charge in [-0.3, -0.25) is 9.59 Å². The van der Waals surface area contributed by atoms with Gasteiger partial charge in [0.25, 0.3) is 0 Å². The highest BCUT2D eigenvalue weighted by Crippen LogP contribution is 2.31. The van der Waals surface area contributed by atoms with Crippen molar-refractivity contribution in [2.45, 2.75) is 12.7 Å². The third-order valence-electron chi connectivity index (χ3n) is 3.13. The summed E-state index contributed by atoms with van der Waals surface area (Å²) in [4.78, 5) is 24.3. The van der Waals surface area contributed by atoms with Crippen molar-refractivity contribution in [3.05, 3.63) is 46.5 Å². The Morgan fingerprint density at radius 2 is 1.65 bits per heavy atom. The molecular weight excluding hydrogens is 220 g/mol. The van der Waals surface area contributed by atoms with Gasteiger partial charge in [-0.2, -0.15) is 0 Å². The minimum atomic E-state index is -0.990. The number of hydrogen-bond acceptors (Lipinski definition) is 4. The quantitative estimate of drug-likeness (QED) is 0.725. The Bertz CT molecular complexity index is 556. The number of hydrogen-bond donors (Lipinski definition) is 1. The van der Waals surface area contributed by atoms with E-state index in [9.17, 15) is 14.7 Å². The number of rotatable bonds is 0. The first kappa shape index (κ1) is 10.4. The van der Waals surface area contributed by atoms with E-state index in [1.165, 1.54) is 0 Å². The molecular formula is C13H10O4. The molecule has 0 amide bonds. The van der Waals surface area contributed by atoms with Crippen molar-refractivity contribution in [2.24, 2.45) is 0 Å². The molecule has 1 aliphatic heterocycles. The summed E-state index contributed by atoms with van der Waals surface area (Å²) in [6.45, 7) is 0.00933. The zero-order valence-electron chi connectivity index (χ0n) is 8.97. The standard InChI is InChI=1S/C13H10O4/c14-11-5-9-10(6-17-11)13(16)8-4-2-1-3-7(8)12(9)15/h1-4,11,14H,5-6H2/t11-/m1/s1. The summed E-state index contributed by atoms with van der Waals surface area (Å²) >= 11 is 0. The molecule has 1 atom stereocenters. The molecule has 0 bridgehead atoms. The lowest BCUT2D eigenvalue weighted by atomic mass is 9.82. The minimum absolute atomic E-state index is 0.00933. The smallest absolute Gasteiger partial charge is 0.192 e. The summed E-state index contributed by atoms with van der Waals surface area (Å²) in [5.74, 6) is -0.334. The van der Waals surface area contributed by atoms with Gasteiger partial charge in [0.05, 0.1) is 6.61 Å². The molecule has 1 N–H and O–H groups in total. The van der Waals surface area contributed by atoms with E-state index in [4.69, 9.17) is 4.74 Å². The molecule has 4 nitrogen and oxygen atoms in total. The van der Waals surface area contributed by atoms with Gasteiger partial charge in [-0.05, 0) is 0 Å². The molecule has 0 spiro atoms. The Kier molecular flexibility index (Phi) is 2.21. The van der Waals surface area contributed by atoms with Gasteiger partial charge < -0.3 is 9.84 Å². The molecule has 0 unspecified atom stereocenters. The molecule has 1 aliphatic carbocycles. The lowest BCUT2D eigenvalue weighted by Crippen LogP contribution is -2.32. The number of aliphatic hydroxyl groups is 1. The average Bonchev–Trinajstić information content (AvgIpc) is 2.36. The van der Waals surface area contributed by atoms with Gasteiger partial charge in [0.2, 0.25) is 0 Å². The van der Waals surface area contributed by atoms with Crippen LogP contribution in [-0.2, 0) is 4.74 Å². The van der Waals surface area contributed by atoms with Crippen molar-refractivity contribution >= 4 is 11.6 Å². The normalized spacial score (nSPS) is 23.5. The van der Waals surface area contributed by atoms with E-state index in [1.54, 1.807) is 24.3 Å². The van der Waals surface area contributed by atoms with Crippen molar-refractivity contribution in [1.29, 1.82) is 0 Å². The lowest BCUT2D eigenvalue weighted by Gasteiger charge is -2.27. The Morgan fingerprint density at radius 1 is 1.06 bits per heavy atom. The highest BCUT2D eigenvalue weighted by atomic mass is 16.6. The monoisotopic (exact) mass is 230 g/mol. The maximum Gasteiger partial charge on any atom is 0.192 e. The maximum absolute atomic E-state index is 12.2. The largest absolute Gasteiger partial charge is 0.368 e. The van der Waals surface area contributed by atoms with Crippen molar-refractivity contribution in [3.8, 4) is 0 Å². The van der Waals surface area contributed by atoms with Crippen molar-refractivity contribution in [2.75, 3.05) is 6.61 Å². The SMILES string of the molecule is O=C1C2=C(C[C@H](O)OC2)C(=O)c2ccccc21. The van der Waals surface area contributed by atoms with Crippen LogP contribution in [0.4, 0.5) is 0 Å². The maximum atomic E-state index is 12.2. The van der Waals surface area contributed by atoms with E-state index < -0.39 is 6.29 Å². The van der Waals surface area contributed by atoms with Gasteiger partial charge in [0.15, 0.2) is 17.9 Å². The molecule has 86 valence electrons. The van der Waals surface area contributed by atoms with Gasteiger partial charge in [-0.25, -0.2) is 0 Å². The van der Waals surface area contributed by atoms with Crippen molar-refractivity contribution < 1.29 is 19.4 Å². The zero-order chi connectivity index (χ0) is 12.0. The van der Waals surface area contributed by atoms with Gasteiger partial charge in [0, 0.05) is 28.7 Å². The molecule has 1 aromatic rings. The molecule has 0 saturated heterocycles. The Balaban J connectivity index is 2.17. The first-order valence-electron chi connectivity index (χ1n) is 5.38. The Hall–Kier alpha value is -1.78. The van der Waals surface area contributed by atoms with Crippen LogP contribution >= 0.6 is 0 Å². The van der Waals surface area contributed by atoms with Gasteiger partial charge in [-0.1, -0.05) is 24.3 Å². The van der Waals surface area contributed by atoms with E-state index in [0.717, 1.165) is 0 Å². The van der Waals surface area contributed by atoms with Crippen LogP contribution in [-0.4, -0.2) is 29.6 Å². The third kappa shape index (κ3) is 1.45. The van der Waals surface area contributed by atoms with Crippen molar-refractivity contribution in [3.63, 3.8) is 0 Å². The van der Waals surface area contributed by atoms with Crippen LogP contribution < -0.4 is 0 Å². The molecule has 1 heterocycles. The Morgan fingerprint density at radius 3 is 2.29 bits per heavy atom. The number of fused-ring (bicyclic) bond motifs is 1. The zero-order valence-corrected chi connectivity index (χ0v) is 8.97. The second kappa shape index (κ2) is 3.61. The summed E-state index contributed by atoms with van der Waals surface area (Å²) in [5, 5.41) is 9.38. The van der Waals surface area contributed by atoms with E-state index in [2.05, 4.69) is 0 Å². The number of benzene rings is 1. The van der Waals surface area contributed by atoms with E-state index >= 15 is 0 Å². The molecule has 0 fully saturated rings. The summed E-state index contributed by atoms with van der Waals surface area (Å²) < 4.78 is 5.01. The molecule has 17 heavy (non-hydrogen) atoms.